The van der Waals surface area contributed by atoms with E-state index in [4.69, 9.17) is 4.74 Å². The largest absolute Gasteiger partial charge is 0.466 e. The van der Waals surface area contributed by atoms with Crippen LogP contribution < -0.4 is 5.32 Å². The topological polar surface area (TPSA) is 95.9 Å². The van der Waals surface area contributed by atoms with Crippen molar-refractivity contribution in [1.29, 1.82) is 0 Å². The molecule has 350 valence electrons. The molecule has 0 saturated carbocycles. The highest BCUT2D eigenvalue weighted by Crippen LogP contribution is 2.16. The fourth-order valence-electron chi connectivity index (χ4n) is 8.22. The highest BCUT2D eigenvalue weighted by Gasteiger charge is 2.20. The number of nitrogens with one attached hydrogen (secondary N) is 1. The molecule has 0 aliphatic heterocycles. The van der Waals surface area contributed by atoms with Crippen LogP contribution in [0.15, 0.2) is 12.2 Å². The zero-order chi connectivity index (χ0) is 43.0. The minimum Gasteiger partial charge on any atom is -0.466 e. The lowest BCUT2D eigenvalue weighted by Crippen LogP contribution is -2.45. The Morgan fingerprint density at radius 2 is 0.797 bits per heavy atom. The van der Waals surface area contributed by atoms with Gasteiger partial charge in [-0.3, -0.25) is 9.59 Å². The lowest BCUT2D eigenvalue weighted by molar-refractivity contribution is -0.143. The number of allylic oxidation sites excluding steroid dienone is 2. The molecule has 0 radical (unpaired) electrons. The molecule has 0 aliphatic rings. The Balaban J connectivity index is 3.43. The van der Waals surface area contributed by atoms with Crippen molar-refractivity contribution in [2.45, 2.75) is 302 Å². The summed E-state index contributed by atoms with van der Waals surface area (Å²) in [6.07, 6.45) is 56.2. The second kappa shape index (κ2) is 49.3. The number of carbonyl (C=O) groups is 2. The summed E-state index contributed by atoms with van der Waals surface area (Å²) < 4.78 is 5.47. The third-order valence-electron chi connectivity index (χ3n) is 12.3. The first-order chi connectivity index (χ1) is 29.0. The van der Waals surface area contributed by atoms with Gasteiger partial charge in [-0.25, -0.2) is 0 Å². The first-order valence-electron chi connectivity index (χ1n) is 26.4. The highest BCUT2D eigenvalue weighted by atomic mass is 16.5. The first kappa shape index (κ1) is 57.6. The summed E-state index contributed by atoms with van der Waals surface area (Å²) in [7, 11) is 0. The van der Waals surface area contributed by atoms with Crippen LogP contribution in [0.4, 0.5) is 0 Å². The van der Waals surface area contributed by atoms with E-state index in [2.05, 4.69) is 31.3 Å². The lowest BCUT2D eigenvalue weighted by Gasteiger charge is -2.22. The molecule has 59 heavy (non-hydrogen) atoms. The molecule has 0 heterocycles. The maximum atomic E-state index is 12.4. The summed E-state index contributed by atoms with van der Waals surface area (Å²) in [5.41, 5.74) is 0. The quantitative estimate of drug-likeness (QED) is 0.0322. The third-order valence-corrected chi connectivity index (χ3v) is 12.3. The van der Waals surface area contributed by atoms with Gasteiger partial charge in [-0.1, -0.05) is 238 Å². The zero-order valence-electron chi connectivity index (χ0n) is 39.7. The van der Waals surface area contributed by atoms with E-state index in [0.717, 1.165) is 70.6 Å². The molecular weight excluding hydrogens is 731 g/mol. The Labute approximate surface area is 368 Å². The summed E-state index contributed by atoms with van der Waals surface area (Å²) >= 11 is 0. The number of carbonyl (C=O) groups excluding carboxylic acids is 2. The van der Waals surface area contributed by atoms with E-state index in [-0.39, 0.29) is 18.5 Å². The average Bonchev–Trinajstić information content (AvgIpc) is 3.24. The maximum Gasteiger partial charge on any atom is 0.305 e. The van der Waals surface area contributed by atoms with Gasteiger partial charge in [-0.2, -0.15) is 0 Å². The van der Waals surface area contributed by atoms with E-state index in [1.54, 1.807) is 0 Å². The average molecular weight is 834 g/mol. The van der Waals surface area contributed by atoms with Gasteiger partial charge in [-0.15, -0.1) is 0 Å². The predicted octanol–water partition coefficient (Wildman–Crippen LogP) is 15.7. The fraction of sp³-hybridized carbons (Fsp3) is 0.925. The van der Waals surface area contributed by atoms with Crippen LogP contribution >= 0.6 is 0 Å². The monoisotopic (exact) mass is 834 g/mol. The van der Waals surface area contributed by atoms with Gasteiger partial charge in [0.2, 0.25) is 5.91 Å². The number of hydrogen-bond donors (Lipinski definition) is 3. The Bertz CT molecular complexity index is 878. The van der Waals surface area contributed by atoms with Crippen molar-refractivity contribution in [1.82, 2.24) is 5.32 Å². The third kappa shape index (κ3) is 45.9. The van der Waals surface area contributed by atoms with Gasteiger partial charge in [0.1, 0.15) is 0 Å². The zero-order valence-corrected chi connectivity index (χ0v) is 39.7. The number of rotatable bonds is 49. The second-order valence-electron chi connectivity index (χ2n) is 18.2. The molecule has 1 amide bonds. The standard InChI is InChI=1S/C53H103NO5/c1-3-5-7-9-11-13-15-16-17-18-21-24-27-31-35-39-43-47-53(58)59-48-44-40-36-32-28-25-22-19-20-23-26-30-34-38-42-46-52(57)54-50(49-55)51(56)45-41-37-33-29-14-12-10-8-6-4-2/h22,25,50-51,55-56H,3-21,23-24,26-49H2,1-2H3,(H,54,57)/b25-22-. The number of aliphatic hydroxyl groups is 2. The normalized spacial score (nSPS) is 12.7. The summed E-state index contributed by atoms with van der Waals surface area (Å²) in [6, 6.07) is -0.550. The van der Waals surface area contributed by atoms with E-state index < -0.39 is 12.1 Å². The van der Waals surface area contributed by atoms with E-state index in [1.807, 2.05) is 0 Å². The van der Waals surface area contributed by atoms with Gasteiger partial charge >= 0.3 is 5.97 Å². The Morgan fingerprint density at radius 1 is 0.458 bits per heavy atom. The van der Waals surface area contributed by atoms with Crippen molar-refractivity contribution in [3.8, 4) is 0 Å². The minimum atomic E-state index is -0.671. The SMILES string of the molecule is CCCCCCCCCCCCCCCCCCCC(=O)OCCCCCC/C=C\CCCCCCCCCC(=O)NC(CO)C(O)CCCCCCCCCCCC. The second-order valence-corrected chi connectivity index (χ2v) is 18.2. The van der Waals surface area contributed by atoms with Crippen LogP contribution in [-0.2, 0) is 14.3 Å². The van der Waals surface area contributed by atoms with E-state index in [1.165, 1.54) is 186 Å². The molecule has 0 aliphatic carbocycles. The molecule has 0 aromatic carbocycles. The van der Waals surface area contributed by atoms with Crippen LogP contribution in [0.1, 0.15) is 290 Å². The smallest absolute Gasteiger partial charge is 0.305 e. The van der Waals surface area contributed by atoms with Gasteiger partial charge < -0.3 is 20.3 Å². The molecule has 0 bridgehead atoms. The maximum absolute atomic E-state index is 12.4. The molecule has 0 spiro atoms. The molecule has 6 nitrogen and oxygen atoms in total. The molecule has 6 heteroatoms. The first-order valence-corrected chi connectivity index (χ1v) is 26.4. The summed E-state index contributed by atoms with van der Waals surface area (Å²) in [6.45, 7) is 4.91. The van der Waals surface area contributed by atoms with Gasteiger partial charge in [0.05, 0.1) is 25.4 Å². The van der Waals surface area contributed by atoms with E-state index in [9.17, 15) is 19.8 Å². The molecule has 2 atom stereocenters. The summed E-state index contributed by atoms with van der Waals surface area (Å²) in [5.74, 6) is -0.0574. The van der Waals surface area contributed by atoms with Crippen molar-refractivity contribution in [3.05, 3.63) is 12.2 Å². The van der Waals surface area contributed by atoms with Gasteiger partial charge in [0.15, 0.2) is 0 Å². The molecule has 0 fully saturated rings. The Morgan fingerprint density at radius 3 is 1.20 bits per heavy atom. The van der Waals surface area contributed by atoms with Crippen molar-refractivity contribution in [2.75, 3.05) is 13.2 Å². The van der Waals surface area contributed by atoms with Gasteiger partial charge in [-0.05, 0) is 51.4 Å². The van der Waals surface area contributed by atoms with Crippen LogP contribution in [0.5, 0.6) is 0 Å². The van der Waals surface area contributed by atoms with Crippen LogP contribution in [-0.4, -0.2) is 47.4 Å². The fourth-order valence-corrected chi connectivity index (χ4v) is 8.22. The van der Waals surface area contributed by atoms with Crippen molar-refractivity contribution in [3.63, 3.8) is 0 Å². The van der Waals surface area contributed by atoms with Crippen molar-refractivity contribution < 1.29 is 24.5 Å². The molecule has 2 unspecified atom stereocenters. The molecule has 0 aromatic rings. The van der Waals surface area contributed by atoms with Crippen LogP contribution in [0, 0.1) is 0 Å². The van der Waals surface area contributed by atoms with E-state index in [0.29, 0.717) is 25.9 Å². The number of esters is 1. The van der Waals surface area contributed by atoms with Gasteiger partial charge in [0.25, 0.3) is 0 Å². The van der Waals surface area contributed by atoms with Crippen molar-refractivity contribution in [2.24, 2.45) is 0 Å². The van der Waals surface area contributed by atoms with Gasteiger partial charge in [0, 0.05) is 12.8 Å². The lowest BCUT2D eigenvalue weighted by atomic mass is 10.0. The number of aliphatic hydroxyl groups excluding tert-OH is 2. The highest BCUT2D eigenvalue weighted by molar-refractivity contribution is 5.76. The Hall–Kier alpha value is -1.40. The summed E-state index contributed by atoms with van der Waals surface area (Å²) in [5, 5.41) is 23.1. The molecular formula is C53H103NO5. The Kier molecular flexibility index (Phi) is 48.1. The van der Waals surface area contributed by atoms with Crippen LogP contribution in [0.25, 0.3) is 0 Å². The van der Waals surface area contributed by atoms with E-state index >= 15 is 0 Å². The minimum absolute atomic E-state index is 0.00619. The number of ether oxygens (including phenoxy) is 1. The van der Waals surface area contributed by atoms with Crippen LogP contribution in [0.3, 0.4) is 0 Å². The molecule has 0 aromatic heterocycles. The number of hydrogen-bond acceptors (Lipinski definition) is 5. The number of unbranched alkanes of at least 4 members (excludes halogenated alkanes) is 36. The van der Waals surface area contributed by atoms with Crippen molar-refractivity contribution >= 4 is 11.9 Å². The van der Waals surface area contributed by atoms with Crippen LogP contribution in [0.2, 0.25) is 0 Å². The molecule has 0 saturated heterocycles. The number of amides is 1. The predicted molar refractivity (Wildman–Crippen MR) is 255 cm³/mol. The molecule has 3 N–H and O–H groups in total. The molecule has 0 rings (SSSR count). The summed E-state index contributed by atoms with van der Waals surface area (Å²) in [4.78, 5) is 24.4.